The number of hydrogen-bond donors (Lipinski definition) is 0. The van der Waals surface area contributed by atoms with E-state index in [9.17, 15) is 0 Å². The van der Waals surface area contributed by atoms with Crippen LogP contribution >= 0.6 is 23.2 Å². The molecule has 4 saturated carbocycles. The van der Waals surface area contributed by atoms with Gasteiger partial charge in [-0.25, -0.2) is 4.98 Å². The van der Waals surface area contributed by atoms with E-state index in [1.807, 2.05) is 12.1 Å². The van der Waals surface area contributed by atoms with Gasteiger partial charge < -0.3 is 14.0 Å². The van der Waals surface area contributed by atoms with Crippen molar-refractivity contribution >= 4 is 34.1 Å². The number of rotatable bonds is 8. The number of benzene rings is 1. The van der Waals surface area contributed by atoms with E-state index in [1.54, 1.807) is 12.4 Å². The van der Waals surface area contributed by atoms with Crippen LogP contribution in [0.15, 0.2) is 47.2 Å². The number of nitrogens with zero attached hydrogens (tertiary/aromatic N) is 3. The molecule has 2 bridgehead atoms. The van der Waals surface area contributed by atoms with Crippen molar-refractivity contribution in [1.82, 2.24) is 15.1 Å². The van der Waals surface area contributed by atoms with Crippen molar-refractivity contribution in [1.29, 1.82) is 0 Å². The topological polar surface area (TPSA) is 70.3 Å². The molecule has 8 rings (SSSR count). The van der Waals surface area contributed by atoms with Gasteiger partial charge in [0, 0.05) is 45.9 Å². The van der Waals surface area contributed by atoms with Gasteiger partial charge in [-0.1, -0.05) is 46.6 Å². The van der Waals surface area contributed by atoms with Crippen LogP contribution in [0.1, 0.15) is 88.1 Å². The molecule has 1 aromatic carbocycles. The van der Waals surface area contributed by atoms with E-state index in [0.29, 0.717) is 33.8 Å². The SMILES string of the molecule is CC(C)Oc1cccc2ccc(C34CCC(OCc5c(-c6c(Cl)cncc6Cl)noc5C5CC5)(CC3)CC4)nc12. The molecule has 4 fully saturated rings. The lowest BCUT2D eigenvalue weighted by molar-refractivity contribution is -0.127. The van der Waals surface area contributed by atoms with Crippen LogP contribution in [0.4, 0.5) is 0 Å². The number of hydrogen-bond acceptors (Lipinski definition) is 6. The highest BCUT2D eigenvalue weighted by molar-refractivity contribution is 6.38. The second-order valence-corrected chi connectivity index (χ2v) is 12.9. The lowest BCUT2D eigenvalue weighted by atomic mass is 9.57. The fourth-order valence-electron chi connectivity index (χ4n) is 6.70. The zero-order valence-electron chi connectivity index (χ0n) is 22.9. The first kappa shape index (κ1) is 26.2. The lowest BCUT2D eigenvalue weighted by Gasteiger charge is -2.52. The largest absolute Gasteiger partial charge is 0.489 e. The summed E-state index contributed by atoms with van der Waals surface area (Å²) in [7, 11) is 0. The molecule has 0 aliphatic heterocycles. The third kappa shape index (κ3) is 4.58. The molecule has 208 valence electrons. The van der Waals surface area contributed by atoms with Crippen LogP contribution in [0.25, 0.3) is 22.2 Å². The predicted octanol–water partition coefficient (Wildman–Crippen LogP) is 8.82. The van der Waals surface area contributed by atoms with E-state index in [2.05, 4.69) is 42.2 Å². The molecular weight excluding hydrogens is 545 g/mol. The highest BCUT2D eigenvalue weighted by atomic mass is 35.5. The lowest BCUT2D eigenvalue weighted by Crippen LogP contribution is -2.50. The summed E-state index contributed by atoms with van der Waals surface area (Å²) in [5.41, 5.74) is 4.41. The molecule has 6 nitrogen and oxygen atoms in total. The number of fused-ring (bicyclic) bond motifs is 4. The first-order valence-electron chi connectivity index (χ1n) is 14.4. The standard InChI is InChI=1S/C32H33Cl2N3O3/c1-19(2)39-25-5-3-4-20-8-9-26(36-28(20)25)31-10-13-32(14-11-31,15-12-31)38-18-22-29(37-40-30(22)21-6-7-21)27-23(33)16-35-17-24(27)34/h3-5,8-9,16-17,19,21H,6-7,10-15,18H2,1-2H3. The van der Waals surface area contributed by atoms with Crippen molar-refractivity contribution in [3.05, 3.63) is 69.8 Å². The number of halogens is 2. The van der Waals surface area contributed by atoms with Crippen LogP contribution in [0.5, 0.6) is 5.75 Å². The summed E-state index contributed by atoms with van der Waals surface area (Å²) in [6, 6.07) is 10.6. The summed E-state index contributed by atoms with van der Waals surface area (Å²) < 4.78 is 18.8. The van der Waals surface area contributed by atoms with Gasteiger partial charge in [-0.05, 0) is 77.3 Å². The highest BCUT2D eigenvalue weighted by Gasteiger charge is 2.51. The van der Waals surface area contributed by atoms with Crippen LogP contribution in [-0.4, -0.2) is 26.8 Å². The summed E-state index contributed by atoms with van der Waals surface area (Å²) in [4.78, 5) is 9.31. The van der Waals surface area contributed by atoms with Gasteiger partial charge in [0.15, 0.2) is 0 Å². The number of pyridine rings is 2. The molecule has 4 aliphatic rings. The second kappa shape index (κ2) is 10.0. The Labute approximate surface area is 244 Å². The van der Waals surface area contributed by atoms with E-state index in [-0.39, 0.29) is 17.1 Å². The van der Waals surface area contributed by atoms with Crippen LogP contribution in [0.3, 0.4) is 0 Å². The molecule has 0 spiro atoms. The van der Waals surface area contributed by atoms with Crippen LogP contribution in [0, 0.1) is 0 Å². The van der Waals surface area contributed by atoms with Crippen molar-refractivity contribution in [2.75, 3.05) is 0 Å². The van der Waals surface area contributed by atoms with Gasteiger partial charge in [-0.3, -0.25) is 4.98 Å². The van der Waals surface area contributed by atoms with E-state index in [0.717, 1.165) is 79.3 Å². The summed E-state index contributed by atoms with van der Waals surface area (Å²) >= 11 is 13.0. The van der Waals surface area contributed by atoms with Gasteiger partial charge in [0.1, 0.15) is 22.7 Å². The first-order valence-corrected chi connectivity index (χ1v) is 15.1. The smallest absolute Gasteiger partial charge is 0.145 e. The monoisotopic (exact) mass is 577 g/mol. The minimum absolute atomic E-state index is 0.0872. The summed E-state index contributed by atoms with van der Waals surface area (Å²) in [5.74, 6) is 2.17. The second-order valence-electron chi connectivity index (χ2n) is 12.1. The maximum absolute atomic E-state index is 6.83. The summed E-state index contributed by atoms with van der Waals surface area (Å²) in [6.07, 6.45) is 11.7. The van der Waals surface area contributed by atoms with Crippen LogP contribution in [0.2, 0.25) is 10.0 Å². The molecule has 0 radical (unpaired) electrons. The molecular formula is C32H33Cl2N3O3. The van der Waals surface area contributed by atoms with E-state index >= 15 is 0 Å². The molecule has 0 unspecified atom stereocenters. The Bertz CT molecular complexity index is 1530. The van der Waals surface area contributed by atoms with E-state index in [1.165, 1.54) is 5.69 Å². The molecule has 0 amide bonds. The quantitative estimate of drug-likeness (QED) is 0.208. The maximum atomic E-state index is 6.83. The molecule has 0 saturated heterocycles. The molecule has 0 atom stereocenters. The fraction of sp³-hybridized carbons (Fsp3) is 0.469. The number of aromatic nitrogens is 3. The summed E-state index contributed by atoms with van der Waals surface area (Å²) in [5, 5.41) is 6.47. The Morgan fingerprint density at radius 3 is 2.38 bits per heavy atom. The third-order valence-electron chi connectivity index (χ3n) is 9.15. The van der Waals surface area contributed by atoms with Gasteiger partial charge in [-0.15, -0.1) is 0 Å². The number of ether oxygens (including phenoxy) is 2. The minimum Gasteiger partial charge on any atom is -0.489 e. The van der Waals surface area contributed by atoms with Crippen molar-refractivity contribution in [2.24, 2.45) is 0 Å². The van der Waals surface area contributed by atoms with Crippen LogP contribution < -0.4 is 4.74 Å². The Hall–Kier alpha value is -2.67. The fourth-order valence-corrected chi connectivity index (χ4v) is 7.25. The van der Waals surface area contributed by atoms with E-state index in [4.69, 9.17) is 42.2 Å². The minimum atomic E-state index is -0.147. The Morgan fingerprint density at radius 2 is 1.70 bits per heavy atom. The zero-order chi connectivity index (χ0) is 27.5. The number of para-hydroxylation sites is 1. The van der Waals surface area contributed by atoms with Gasteiger partial charge >= 0.3 is 0 Å². The molecule has 3 aromatic heterocycles. The van der Waals surface area contributed by atoms with Crippen LogP contribution in [-0.2, 0) is 16.8 Å². The maximum Gasteiger partial charge on any atom is 0.145 e. The van der Waals surface area contributed by atoms with Gasteiger partial charge in [0.25, 0.3) is 0 Å². The highest BCUT2D eigenvalue weighted by Crippen LogP contribution is 2.55. The molecule has 8 heteroatoms. The zero-order valence-corrected chi connectivity index (χ0v) is 24.4. The molecule has 0 N–H and O–H groups in total. The van der Waals surface area contributed by atoms with Crippen molar-refractivity contribution in [3.63, 3.8) is 0 Å². The van der Waals surface area contributed by atoms with Gasteiger partial charge in [0.2, 0.25) is 0 Å². The van der Waals surface area contributed by atoms with Gasteiger partial charge in [-0.2, -0.15) is 0 Å². The Balaban J connectivity index is 1.12. The average molecular weight is 579 g/mol. The van der Waals surface area contributed by atoms with Crippen molar-refractivity contribution in [2.45, 2.75) is 94.9 Å². The third-order valence-corrected chi connectivity index (χ3v) is 9.72. The molecule has 4 aliphatic carbocycles. The normalized spacial score (nSPS) is 24.2. The Morgan fingerprint density at radius 1 is 0.975 bits per heavy atom. The van der Waals surface area contributed by atoms with Crippen molar-refractivity contribution < 1.29 is 14.0 Å². The Kier molecular flexibility index (Phi) is 6.56. The first-order chi connectivity index (χ1) is 19.4. The molecule has 4 aromatic rings. The summed E-state index contributed by atoms with van der Waals surface area (Å²) in [6.45, 7) is 4.55. The molecule has 3 heterocycles. The average Bonchev–Trinajstić information content (AvgIpc) is 3.72. The van der Waals surface area contributed by atoms with Crippen molar-refractivity contribution in [3.8, 4) is 17.0 Å². The molecule has 40 heavy (non-hydrogen) atoms. The predicted molar refractivity (Wildman–Crippen MR) is 156 cm³/mol. The van der Waals surface area contributed by atoms with Gasteiger partial charge in [0.05, 0.1) is 28.4 Å². The van der Waals surface area contributed by atoms with E-state index < -0.39 is 0 Å².